The van der Waals surface area contributed by atoms with Gasteiger partial charge in [0.1, 0.15) is 0 Å². The Labute approximate surface area is 123 Å². The SMILES string of the molecule is CCCCCCCC[Te]c1ccccc1N(C)C. The van der Waals surface area contributed by atoms with Gasteiger partial charge < -0.3 is 0 Å². The molecule has 0 saturated carbocycles. The number of benzene rings is 1. The summed E-state index contributed by atoms with van der Waals surface area (Å²) in [6, 6.07) is 8.92. The first-order valence-electron chi connectivity index (χ1n) is 7.15. The van der Waals surface area contributed by atoms with E-state index in [0.717, 1.165) is 0 Å². The Hall–Kier alpha value is -0.190. The Morgan fingerprint density at radius 3 is 2.33 bits per heavy atom. The van der Waals surface area contributed by atoms with Crippen LogP contribution in [0.15, 0.2) is 24.3 Å². The Bertz CT molecular complexity index is 323. The molecular weight excluding hydrogens is 334 g/mol. The van der Waals surface area contributed by atoms with Crippen molar-refractivity contribution in [3.05, 3.63) is 24.3 Å². The van der Waals surface area contributed by atoms with E-state index in [-0.39, 0.29) is 20.9 Å². The van der Waals surface area contributed by atoms with Crippen LogP contribution in [-0.4, -0.2) is 35.0 Å². The monoisotopic (exact) mass is 363 g/mol. The fraction of sp³-hybridized carbons (Fsp3) is 0.625. The number of unbranched alkanes of at least 4 members (excludes halogenated alkanes) is 5. The van der Waals surface area contributed by atoms with E-state index in [1.165, 1.54) is 48.7 Å². The number of para-hydroxylation sites is 1. The molecule has 18 heavy (non-hydrogen) atoms. The first kappa shape index (κ1) is 15.9. The summed E-state index contributed by atoms with van der Waals surface area (Å²) < 4.78 is 3.09. The van der Waals surface area contributed by atoms with Crippen molar-refractivity contribution in [2.45, 2.75) is 49.9 Å². The molecule has 0 atom stereocenters. The topological polar surface area (TPSA) is 3.24 Å². The zero-order valence-corrected chi connectivity index (χ0v) is 14.4. The van der Waals surface area contributed by atoms with Crippen LogP contribution >= 0.6 is 0 Å². The minimum absolute atomic E-state index is 0.0182. The van der Waals surface area contributed by atoms with Gasteiger partial charge in [0.25, 0.3) is 0 Å². The quantitative estimate of drug-likeness (QED) is 0.477. The Kier molecular flexibility index (Phi) is 8.55. The van der Waals surface area contributed by atoms with Gasteiger partial charge in [-0.25, -0.2) is 0 Å². The van der Waals surface area contributed by atoms with Gasteiger partial charge in [-0.2, -0.15) is 0 Å². The second-order valence-corrected chi connectivity index (χ2v) is 8.22. The predicted molar refractivity (Wildman–Crippen MR) is 84.3 cm³/mol. The van der Waals surface area contributed by atoms with E-state index in [1.807, 2.05) is 0 Å². The van der Waals surface area contributed by atoms with Gasteiger partial charge in [0, 0.05) is 0 Å². The summed E-state index contributed by atoms with van der Waals surface area (Å²) in [7, 11) is 4.30. The number of rotatable bonds is 9. The fourth-order valence-electron chi connectivity index (χ4n) is 2.01. The third kappa shape index (κ3) is 6.12. The van der Waals surface area contributed by atoms with Crippen LogP contribution in [-0.2, 0) is 0 Å². The summed E-state index contributed by atoms with van der Waals surface area (Å²) in [5.74, 6) is 0. The van der Waals surface area contributed by atoms with Crippen molar-refractivity contribution >= 4 is 30.2 Å². The van der Waals surface area contributed by atoms with Crippen molar-refractivity contribution in [1.29, 1.82) is 0 Å². The van der Waals surface area contributed by atoms with Crippen molar-refractivity contribution in [2.24, 2.45) is 0 Å². The molecule has 0 heterocycles. The molecule has 0 saturated heterocycles. The predicted octanol–water partition coefficient (Wildman–Crippen LogP) is 3.86. The van der Waals surface area contributed by atoms with Crippen molar-refractivity contribution < 1.29 is 0 Å². The number of anilines is 1. The molecule has 1 aromatic rings. The minimum atomic E-state index is 0.0182. The summed E-state index contributed by atoms with van der Waals surface area (Å²) in [6.45, 7) is 2.28. The van der Waals surface area contributed by atoms with Crippen LogP contribution < -0.4 is 8.51 Å². The summed E-state index contributed by atoms with van der Waals surface area (Å²) in [4.78, 5) is 2.25. The first-order valence-corrected chi connectivity index (χ1v) is 9.96. The average Bonchev–Trinajstić information content (AvgIpc) is 2.38. The van der Waals surface area contributed by atoms with Crippen LogP contribution in [0.2, 0.25) is 4.47 Å². The van der Waals surface area contributed by atoms with Gasteiger partial charge in [-0.3, -0.25) is 0 Å². The van der Waals surface area contributed by atoms with Crippen LogP contribution in [0.5, 0.6) is 0 Å². The molecule has 0 spiro atoms. The van der Waals surface area contributed by atoms with E-state index in [2.05, 4.69) is 50.2 Å². The molecule has 0 bridgehead atoms. The molecule has 102 valence electrons. The standard InChI is InChI=1S/C16H27NTe/c1-4-5-6-7-8-11-14-18-16-13-10-9-12-15(16)17(2)3/h9-10,12-13H,4-8,11,14H2,1-3H3. The molecule has 0 aliphatic carbocycles. The van der Waals surface area contributed by atoms with Crippen molar-refractivity contribution in [3.8, 4) is 0 Å². The van der Waals surface area contributed by atoms with E-state index in [1.54, 1.807) is 3.61 Å². The van der Waals surface area contributed by atoms with Gasteiger partial charge in [-0.1, -0.05) is 0 Å². The van der Waals surface area contributed by atoms with Crippen LogP contribution in [0.25, 0.3) is 0 Å². The van der Waals surface area contributed by atoms with E-state index in [0.29, 0.717) is 0 Å². The molecule has 0 aliphatic rings. The van der Waals surface area contributed by atoms with E-state index in [4.69, 9.17) is 0 Å². The average molecular weight is 361 g/mol. The van der Waals surface area contributed by atoms with Crippen LogP contribution in [0.3, 0.4) is 0 Å². The second kappa shape index (κ2) is 9.70. The zero-order chi connectivity index (χ0) is 13.2. The molecule has 0 radical (unpaired) electrons. The summed E-state index contributed by atoms with van der Waals surface area (Å²) in [5, 5.41) is 0. The molecule has 0 unspecified atom stereocenters. The normalized spacial score (nSPS) is 10.6. The summed E-state index contributed by atoms with van der Waals surface area (Å²) in [6.07, 6.45) is 8.52. The molecule has 0 fully saturated rings. The van der Waals surface area contributed by atoms with Gasteiger partial charge in [0.15, 0.2) is 0 Å². The maximum absolute atomic E-state index is 2.33. The number of hydrogen-bond acceptors (Lipinski definition) is 1. The summed E-state index contributed by atoms with van der Waals surface area (Å²) in [5.41, 5.74) is 1.44. The summed E-state index contributed by atoms with van der Waals surface area (Å²) >= 11 is 0.0182. The molecule has 1 nitrogen and oxygen atoms in total. The van der Waals surface area contributed by atoms with Gasteiger partial charge in [0.2, 0.25) is 0 Å². The van der Waals surface area contributed by atoms with E-state index < -0.39 is 0 Å². The van der Waals surface area contributed by atoms with Gasteiger partial charge in [0.05, 0.1) is 0 Å². The van der Waals surface area contributed by atoms with Gasteiger partial charge >= 0.3 is 123 Å². The van der Waals surface area contributed by atoms with E-state index in [9.17, 15) is 0 Å². The van der Waals surface area contributed by atoms with Gasteiger partial charge in [-0.05, 0) is 0 Å². The molecular formula is C16H27NTe. The Morgan fingerprint density at radius 1 is 0.944 bits per heavy atom. The molecule has 0 N–H and O–H groups in total. The molecule has 0 amide bonds. The van der Waals surface area contributed by atoms with Gasteiger partial charge in [-0.15, -0.1) is 0 Å². The van der Waals surface area contributed by atoms with Crippen LogP contribution in [0, 0.1) is 0 Å². The van der Waals surface area contributed by atoms with Crippen molar-refractivity contribution in [2.75, 3.05) is 19.0 Å². The molecule has 0 aromatic heterocycles. The molecule has 1 rings (SSSR count). The maximum atomic E-state index is 2.33. The third-order valence-corrected chi connectivity index (χ3v) is 6.38. The van der Waals surface area contributed by atoms with Crippen LogP contribution in [0.4, 0.5) is 5.69 Å². The fourth-order valence-corrected chi connectivity index (χ4v) is 5.27. The molecule has 0 aliphatic heterocycles. The third-order valence-electron chi connectivity index (χ3n) is 3.10. The Balaban J connectivity index is 2.23. The zero-order valence-electron chi connectivity index (χ0n) is 12.1. The first-order chi connectivity index (χ1) is 8.75. The molecule has 1 aromatic carbocycles. The second-order valence-electron chi connectivity index (χ2n) is 4.98. The van der Waals surface area contributed by atoms with Crippen molar-refractivity contribution in [3.63, 3.8) is 0 Å². The number of nitrogens with zero attached hydrogens (tertiary/aromatic N) is 1. The molecule has 2 heteroatoms. The van der Waals surface area contributed by atoms with Crippen LogP contribution in [0.1, 0.15) is 45.4 Å². The van der Waals surface area contributed by atoms with Crippen molar-refractivity contribution in [1.82, 2.24) is 0 Å². The van der Waals surface area contributed by atoms with E-state index >= 15 is 0 Å². The Morgan fingerprint density at radius 2 is 1.61 bits per heavy atom. The number of hydrogen-bond donors (Lipinski definition) is 0.